The standard InChI is InChI=1S/C19H27N5O5S/c25-17(6-8-23-13-14(12-20-23)24(27)28)21-30(29)10-3-7-22(9-11-30)19(26)18-15-4-1-2-5-16(15)18/h12-13,15-16,18H,1-11H2. The third-order valence-corrected chi connectivity index (χ3v) is 8.76. The molecule has 1 aromatic rings. The molecule has 0 N–H and O–H groups in total. The zero-order valence-corrected chi connectivity index (χ0v) is 17.7. The van der Waals surface area contributed by atoms with Crippen LogP contribution in [-0.2, 0) is 25.9 Å². The molecule has 3 fully saturated rings. The largest absolute Gasteiger partial charge is 0.341 e. The fourth-order valence-corrected chi connectivity index (χ4v) is 6.77. The number of amides is 2. The minimum Gasteiger partial charge on any atom is -0.341 e. The SMILES string of the molecule is O=C(CCn1cc([N+](=O)[O-])cn1)N=S1(=O)CCCN(C(=O)C2C3CCCCC32)CC1. The molecule has 0 bridgehead atoms. The van der Waals surface area contributed by atoms with Gasteiger partial charge in [0.2, 0.25) is 5.91 Å². The normalized spacial score (nSPS) is 30.8. The van der Waals surface area contributed by atoms with Crippen LogP contribution >= 0.6 is 0 Å². The molecule has 0 spiro atoms. The van der Waals surface area contributed by atoms with E-state index in [9.17, 15) is 23.9 Å². The molecular weight excluding hydrogens is 410 g/mol. The molecule has 30 heavy (non-hydrogen) atoms. The highest BCUT2D eigenvalue weighted by Gasteiger charge is 2.55. The number of aryl methyl sites for hydroxylation is 1. The van der Waals surface area contributed by atoms with E-state index in [1.54, 1.807) is 0 Å². The van der Waals surface area contributed by atoms with Crippen LogP contribution in [0.25, 0.3) is 0 Å². The fraction of sp³-hybridized carbons (Fsp3) is 0.737. The molecule has 2 amide bonds. The number of carbonyl (C=O) groups excluding carboxylic acids is 2. The molecular formula is C19H27N5O5S. The Balaban J connectivity index is 1.32. The summed E-state index contributed by atoms with van der Waals surface area (Å²) in [6, 6.07) is 0. The molecule has 3 aliphatic rings. The Hall–Kier alpha value is -2.30. The number of nitro groups is 1. The highest BCUT2D eigenvalue weighted by atomic mass is 32.2. The quantitative estimate of drug-likeness (QED) is 0.511. The average Bonchev–Trinajstić information content (AvgIpc) is 3.31. The predicted octanol–water partition coefficient (Wildman–Crippen LogP) is 1.84. The van der Waals surface area contributed by atoms with Crippen molar-refractivity contribution in [2.45, 2.75) is 45.1 Å². The van der Waals surface area contributed by atoms with Gasteiger partial charge in [0.15, 0.2) is 0 Å². The molecule has 2 heterocycles. The molecule has 3 unspecified atom stereocenters. The zero-order valence-electron chi connectivity index (χ0n) is 16.9. The Morgan fingerprint density at radius 3 is 2.60 bits per heavy atom. The van der Waals surface area contributed by atoms with E-state index in [-0.39, 0.29) is 36.2 Å². The summed E-state index contributed by atoms with van der Waals surface area (Å²) < 4.78 is 18.4. The second kappa shape index (κ2) is 8.44. The minimum absolute atomic E-state index is 0.0239. The highest BCUT2D eigenvalue weighted by molar-refractivity contribution is 7.93. The van der Waals surface area contributed by atoms with Crippen molar-refractivity contribution in [1.82, 2.24) is 14.7 Å². The maximum Gasteiger partial charge on any atom is 0.306 e. The third kappa shape index (κ3) is 4.55. The van der Waals surface area contributed by atoms with E-state index in [1.165, 1.54) is 23.7 Å². The first-order valence-corrected chi connectivity index (χ1v) is 12.4. The summed E-state index contributed by atoms with van der Waals surface area (Å²) in [5, 5.41) is 14.5. The molecule has 1 aromatic heterocycles. The van der Waals surface area contributed by atoms with Gasteiger partial charge in [-0.1, -0.05) is 12.8 Å². The summed E-state index contributed by atoms with van der Waals surface area (Å²) in [4.78, 5) is 37.1. The number of hydrogen-bond acceptors (Lipinski definition) is 6. The van der Waals surface area contributed by atoms with Crippen molar-refractivity contribution in [2.75, 3.05) is 24.6 Å². The molecule has 3 atom stereocenters. The number of fused-ring (bicyclic) bond motifs is 1. The second-order valence-electron chi connectivity index (χ2n) is 8.45. The first-order valence-electron chi connectivity index (χ1n) is 10.6. The Kier molecular flexibility index (Phi) is 5.90. The van der Waals surface area contributed by atoms with Crippen molar-refractivity contribution in [3.63, 3.8) is 0 Å². The van der Waals surface area contributed by atoms with Crippen LogP contribution in [0, 0.1) is 27.9 Å². The van der Waals surface area contributed by atoms with Gasteiger partial charge in [-0.15, -0.1) is 0 Å². The summed E-state index contributed by atoms with van der Waals surface area (Å²) >= 11 is 0. The second-order valence-corrected chi connectivity index (χ2v) is 11.0. The predicted molar refractivity (Wildman–Crippen MR) is 109 cm³/mol. The number of aromatic nitrogens is 2. The Labute approximate surface area is 175 Å². The average molecular weight is 438 g/mol. The van der Waals surface area contributed by atoms with Crippen LogP contribution in [0.15, 0.2) is 16.8 Å². The molecule has 0 radical (unpaired) electrons. The van der Waals surface area contributed by atoms with Crippen molar-refractivity contribution in [1.29, 1.82) is 0 Å². The molecule has 4 rings (SSSR count). The monoisotopic (exact) mass is 437 g/mol. The lowest BCUT2D eigenvalue weighted by molar-refractivity contribution is -0.385. The molecule has 164 valence electrons. The fourth-order valence-electron chi connectivity index (χ4n) is 4.84. The van der Waals surface area contributed by atoms with Gasteiger partial charge in [0, 0.05) is 36.9 Å². The first kappa shape index (κ1) is 21.0. The van der Waals surface area contributed by atoms with E-state index in [2.05, 4.69) is 9.46 Å². The van der Waals surface area contributed by atoms with Crippen LogP contribution in [0.4, 0.5) is 5.69 Å². The van der Waals surface area contributed by atoms with Gasteiger partial charge in [0.1, 0.15) is 12.4 Å². The van der Waals surface area contributed by atoms with Gasteiger partial charge < -0.3 is 4.90 Å². The van der Waals surface area contributed by atoms with Gasteiger partial charge in [0.25, 0.3) is 5.91 Å². The van der Waals surface area contributed by atoms with Crippen LogP contribution in [0.2, 0.25) is 0 Å². The van der Waals surface area contributed by atoms with E-state index in [0.29, 0.717) is 37.1 Å². The minimum atomic E-state index is -2.69. The van der Waals surface area contributed by atoms with Gasteiger partial charge in [-0.25, -0.2) is 4.21 Å². The number of nitrogens with zero attached hydrogens (tertiary/aromatic N) is 5. The number of carbonyl (C=O) groups is 2. The van der Waals surface area contributed by atoms with Crippen molar-refractivity contribution in [2.24, 2.45) is 22.1 Å². The lowest BCUT2D eigenvalue weighted by Gasteiger charge is -2.20. The Morgan fingerprint density at radius 1 is 1.20 bits per heavy atom. The van der Waals surface area contributed by atoms with Gasteiger partial charge >= 0.3 is 5.69 Å². The molecule has 10 nitrogen and oxygen atoms in total. The Bertz CT molecular complexity index is 954. The maximum atomic E-state index is 13.1. The van der Waals surface area contributed by atoms with Crippen molar-refractivity contribution in [3.8, 4) is 0 Å². The van der Waals surface area contributed by atoms with Crippen molar-refractivity contribution >= 4 is 27.2 Å². The van der Waals surface area contributed by atoms with Crippen LogP contribution in [0.5, 0.6) is 0 Å². The zero-order chi connectivity index (χ0) is 21.3. The lowest BCUT2D eigenvalue weighted by Crippen LogP contribution is -2.35. The summed E-state index contributed by atoms with van der Waals surface area (Å²) in [7, 11) is -2.69. The van der Waals surface area contributed by atoms with Gasteiger partial charge in [0.05, 0.1) is 21.2 Å². The lowest BCUT2D eigenvalue weighted by atomic mass is 10.0. The molecule has 11 heteroatoms. The van der Waals surface area contributed by atoms with Crippen LogP contribution in [0.3, 0.4) is 0 Å². The van der Waals surface area contributed by atoms with E-state index < -0.39 is 20.6 Å². The molecule has 2 saturated carbocycles. The third-order valence-electron chi connectivity index (χ3n) is 6.48. The highest BCUT2D eigenvalue weighted by Crippen LogP contribution is 2.56. The maximum absolute atomic E-state index is 13.1. The van der Waals surface area contributed by atoms with E-state index in [1.807, 2.05) is 4.90 Å². The van der Waals surface area contributed by atoms with Crippen molar-refractivity contribution < 1.29 is 18.7 Å². The number of rotatable bonds is 5. The smallest absolute Gasteiger partial charge is 0.306 e. The van der Waals surface area contributed by atoms with Gasteiger partial charge in [-0.05, 0) is 31.1 Å². The van der Waals surface area contributed by atoms with E-state index >= 15 is 0 Å². The van der Waals surface area contributed by atoms with E-state index in [0.717, 1.165) is 19.0 Å². The molecule has 0 aromatic carbocycles. The summed E-state index contributed by atoms with van der Waals surface area (Å²) in [6.45, 7) is 1.10. The summed E-state index contributed by atoms with van der Waals surface area (Å²) in [6.07, 6.45) is 7.65. The molecule has 1 saturated heterocycles. The first-order chi connectivity index (χ1) is 14.4. The summed E-state index contributed by atoms with van der Waals surface area (Å²) in [5.74, 6) is 1.48. The van der Waals surface area contributed by atoms with Crippen LogP contribution in [-0.4, -0.2) is 60.2 Å². The van der Waals surface area contributed by atoms with Gasteiger partial charge in [-0.3, -0.25) is 24.4 Å². The molecule has 2 aliphatic carbocycles. The van der Waals surface area contributed by atoms with Crippen LogP contribution in [0.1, 0.15) is 38.5 Å². The van der Waals surface area contributed by atoms with Crippen LogP contribution < -0.4 is 0 Å². The van der Waals surface area contributed by atoms with Gasteiger partial charge in [-0.2, -0.15) is 9.46 Å². The summed E-state index contributed by atoms with van der Waals surface area (Å²) in [5.41, 5.74) is -0.144. The number of hydrogen-bond donors (Lipinski definition) is 0. The van der Waals surface area contributed by atoms with Crippen molar-refractivity contribution in [3.05, 3.63) is 22.5 Å². The Morgan fingerprint density at radius 2 is 1.93 bits per heavy atom. The topological polar surface area (TPSA) is 128 Å². The van der Waals surface area contributed by atoms with E-state index in [4.69, 9.17) is 0 Å². The molecule has 1 aliphatic heterocycles.